The molecule has 0 saturated heterocycles. The van der Waals surface area contributed by atoms with Crippen LogP contribution in [-0.2, 0) is 9.47 Å². The van der Waals surface area contributed by atoms with Crippen LogP contribution in [0, 0.1) is 12.5 Å². The Labute approximate surface area is 61.3 Å². The first-order chi connectivity index (χ1) is 4.66. The Morgan fingerprint density at radius 1 is 1.60 bits per heavy atom. The first kappa shape index (κ1) is 9.27. The van der Waals surface area contributed by atoms with Gasteiger partial charge in [-0.3, -0.25) is 0 Å². The molecule has 1 radical (unpaired) electrons. The Morgan fingerprint density at radius 2 is 2.20 bits per heavy atom. The average Bonchev–Trinajstić information content (AvgIpc) is 1.85. The van der Waals surface area contributed by atoms with E-state index in [9.17, 15) is 4.79 Å². The standard InChI is InChI=1S/C7H13O3/c1-4-9-7(8)10-5-6(2)3/h5-6H,4H2,1-3H3. The van der Waals surface area contributed by atoms with Crippen molar-refractivity contribution >= 4 is 6.16 Å². The van der Waals surface area contributed by atoms with Crippen LogP contribution >= 0.6 is 0 Å². The van der Waals surface area contributed by atoms with E-state index < -0.39 is 6.16 Å². The van der Waals surface area contributed by atoms with E-state index in [0.717, 1.165) is 0 Å². The van der Waals surface area contributed by atoms with Crippen LogP contribution in [0.25, 0.3) is 0 Å². The van der Waals surface area contributed by atoms with Gasteiger partial charge in [0.25, 0.3) is 0 Å². The van der Waals surface area contributed by atoms with Gasteiger partial charge in [-0.25, -0.2) is 4.79 Å². The fraction of sp³-hybridized carbons (Fsp3) is 0.714. The molecule has 0 rings (SSSR count). The number of ether oxygens (including phenoxy) is 2. The second-order valence-electron chi connectivity index (χ2n) is 2.18. The van der Waals surface area contributed by atoms with Crippen molar-refractivity contribution in [2.75, 3.05) is 6.61 Å². The third-order valence-corrected chi connectivity index (χ3v) is 0.699. The minimum Gasteiger partial charge on any atom is -0.435 e. The molecule has 0 heterocycles. The molecule has 0 aliphatic rings. The van der Waals surface area contributed by atoms with Crippen molar-refractivity contribution in [3.63, 3.8) is 0 Å². The predicted molar refractivity (Wildman–Crippen MR) is 37.2 cm³/mol. The maximum Gasteiger partial charge on any atom is 0.508 e. The van der Waals surface area contributed by atoms with E-state index >= 15 is 0 Å². The lowest BCUT2D eigenvalue weighted by Crippen LogP contribution is -2.07. The first-order valence-corrected chi connectivity index (χ1v) is 3.33. The minimum absolute atomic E-state index is 0.240. The van der Waals surface area contributed by atoms with Gasteiger partial charge in [0.1, 0.15) is 6.61 Å². The summed E-state index contributed by atoms with van der Waals surface area (Å²) < 4.78 is 9.06. The Morgan fingerprint density at radius 3 is 2.60 bits per heavy atom. The third kappa shape index (κ3) is 5.41. The lowest BCUT2D eigenvalue weighted by atomic mass is 10.2. The number of rotatable bonds is 3. The van der Waals surface area contributed by atoms with E-state index in [1.807, 2.05) is 13.8 Å². The van der Waals surface area contributed by atoms with Crippen molar-refractivity contribution in [3.8, 4) is 0 Å². The van der Waals surface area contributed by atoms with Gasteiger partial charge in [-0.2, -0.15) is 0 Å². The molecular formula is C7H13O3. The number of hydrogen-bond donors (Lipinski definition) is 0. The lowest BCUT2D eigenvalue weighted by Gasteiger charge is -2.04. The molecule has 59 valence electrons. The summed E-state index contributed by atoms with van der Waals surface area (Å²) in [5, 5.41) is 0. The van der Waals surface area contributed by atoms with Gasteiger partial charge in [0.05, 0.1) is 6.61 Å². The van der Waals surface area contributed by atoms with Crippen LogP contribution in [0.5, 0.6) is 0 Å². The van der Waals surface area contributed by atoms with E-state index in [-0.39, 0.29) is 5.92 Å². The molecule has 0 N–H and O–H groups in total. The fourth-order valence-electron chi connectivity index (χ4n) is 0.344. The summed E-state index contributed by atoms with van der Waals surface area (Å²) in [6, 6.07) is 0. The molecule has 0 bridgehead atoms. The summed E-state index contributed by atoms with van der Waals surface area (Å²) in [6.45, 7) is 7.36. The summed E-state index contributed by atoms with van der Waals surface area (Å²) in [4.78, 5) is 10.5. The second kappa shape index (κ2) is 5.09. The Bertz CT molecular complexity index is 99.0. The molecule has 3 nitrogen and oxygen atoms in total. The van der Waals surface area contributed by atoms with Crippen molar-refractivity contribution in [1.82, 2.24) is 0 Å². The molecule has 0 fully saturated rings. The van der Waals surface area contributed by atoms with E-state index in [2.05, 4.69) is 9.47 Å². The van der Waals surface area contributed by atoms with Crippen LogP contribution in [0.4, 0.5) is 4.79 Å². The lowest BCUT2D eigenvalue weighted by molar-refractivity contribution is 0.0724. The molecule has 0 aromatic heterocycles. The van der Waals surface area contributed by atoms with E-state index in [4.69, 9.17) is 0 Å². The van der Waals surface area contributed by atoms with Crippen molar-refractivity contribution in [2.24, 2.45) is 5.92 Å². The number of hydrogen-bond acceptors (Lipinski definition) is 3. The largest absolute Gasteiger partial charge is 0.508 e. The van der Waals surface area contributed by atoms with Crippen molar-refractivity contribution in [2.45, 2.75) is 20.8 Å². The zero-order valence-electron chi connectivity index (χ0n) is 6.59. The van der Waals surface area contributed by atoms with Gasteiger partial charge < -0.3 is 9.47 Å². The van der Waals surface area contributed by atoms with Gasteiger partial charge in [0.15, 0.2) is 0 Å². The van der Waals surface area contributed by atoms with E-state index in [1.54, 1.807) is 6.92 Å². The van der Waals surface area contributed by atoms with E-state index in [0.29, 0.717) is 6.61 Å². The van der Waals surface area contributed by atoms with Crippen LogP contribution in [0.15, 0.2) is 0 Å². The highest BCUT2D eigenvalue weighted by Crippen LogP contribution is 1.99. The summed E-state index contributed by atoms with van der Waals surface area (Å²) in [5.74, 6) is 0.240. The third-order valence-electron chi connectivity index (χ3n) is 0.699. The molecule has 0 atom stereocenters. The van der Waals surface area contributed by atoms with Crippen LogP contribution in [0.3, 0.4) is 0 Å². The summed E-state index contributed by atoms with van der Waals surface area (Å²) in [7, 11) is 0. The summed E-state index contributed by atoms with van der Waals surface area (Å²) in [6.07, 6.45) is -0.629. The molecule has 0 spiro atoms. The van der Waals surface area contributed by atoms with Crippen molar-refractivity contribution in [3.05, 3.63) is 6.61 Å². The van der Waals surface area contributed by atoms with Gasteiger partial charge in [-0.05, 0) is 12.8 Å². The van der Waals surface area contributed by atoms with Gasteiger partial charge >= 0.3 is 6.16 Å². The second-order valence-corrected chi connectivity index (χ2v) is 2.18. The molecule has 0 aliphatic carbocycles. The highest BCUT2D eigenvalue weighted by Gasteiger charge is 2.03. The Balaban J connectivity index is 3.22. The van der Waals surface area contributed by atoms with Gasteiger partial charge in [0, 0.05) is 0 Å². The molecule has 0 saturated carbocycles. The number of carbonyl (C=O) groups excluding carboxylic acids is 1. The normalized spacial score (nSPS) is 9.60. The number of carbonyl (C=O) groups is 1. The van der Waals surface area contributed by atoms with Crippen LogP contribution in [0.2, 0.25) is 0 Å². The molecule has 10 heavy (non-hydrogen) atoms. The highest BCUT2D eigenvalue weighted by atomic mass is 16.7. The molecule has 3 heteroatoms. The van der Waals surface area contributed by atoms with Gasteiger partial charge in [-0.1, -0.05) is 13.8 Å². The van der Waals surface area contributed by atoms with Gasteiger partial charge in [0.2, 0.25) is 0 Å². The molecule has 0 aromatic carbocycles. The predicted octanol–water partition coefficient (Wildman–Crippen LogP) is 1.98. The van der Waals surface area contributed by atoms with E-state index in [1.165, 1.54) is 6.61 Å². The Hall–Kier alpha value is -0.730. The minimum atomic E-state index is -0.629. The summed E-state index contributed by atoms with van der Waals surface area (Å²) in [5.41, 5.74) is 0. The molecule has 0 amide bonds. The maximum atomic E-state index is 10.5. The van der Waals surface area contributed by atoms with Crippen LogP contribution in [0.1, 0.15) is 20.8 Å². The monoisotopic (exact) mass is 145 g/mol. The highest BCUT2D eigenvalue weighted by molar-refractivity contribution is 5.60. The zero-order valence-corrected chi connectivity index (χ0v) is 6.59. The van der Waals surface area contributed by atoms with Crippen molar-refractivity contribution < 1.29 is 14.3 Å². The Kier molecular flexibility index (Phi) is 4.72. The molecule has 0 aliphatic heterocycles. The SMILES string of the molecule is CCOC(=O)O[CH]C(C)C. The average molecular weight is 145 g/mol. The maximum absolute atomic E-state index is 10.5. The first-order valence-electron chi connectivity index (χ1n) is 3.33. The molecular weight excluding hydrogens is 132 g/mol. The smallest absolute Gasteiger partial charge is 0.435 e. The van der Waals surface area contributed by atoms with Crippen LogP contribution in [-0.4, -0.2) is 12.8 Å². The molecule has 0 unspecified atom stereocenters. The fourth-order valence-corrected chi connectivity index (χ4v) is 0.344. The summed E-state index contributed by atoms with van der Waals surface area (Å²) >= 11 is 0. The molecule has 0 aromatic rings. The van der Waals surface area contributed by atoms with Crippen LogP contribution < -0.4 is 0 Å². The van der Waals surface area contributed by atoms with Gasteiger partial charge in [-0.15, -0.1) is 0 Å². The van der Waals surface area contributed by atoms with Crippen molar-refractivity contribution in [1.29, 1.82) is 0 Å². The zero-order chi connectivity index (χ0) is 7.98. The quantitative estimate of drug-likeness (QED) is 0.569. The topological polar surface area (TPSA) is 35.5 Å².